The standard InChI is InChI=1S/C16H17BrN2O2/c17-13-8-7-12(14-11(13)6-3-9-18-14)15(16(20)21)19-10-4-1-2-5-10/h3,6-10,15,19H,1-2,4-5H2,(H,20,21). The molecule has 0 aliphatic heterocycles. The number of nitrogens with zero attached hydrogens (tertiary/aromatic N) is 1. The number of fused-ring (bicyclic) bond motifs is 1. The fourth-order valence-corrected chi connectivity index (χ4v) is 3.47. The van der Waals surface area contributed by atoms with Gasteiger partial charge in [0.05, 0.1) is 5.52 Å². The van der Waals surface area contributed by atoms with Gasteiger partial charge in [-0.2, -0.15) is 0 Å². The van der Waals surface area contributed by atoms with Gasteiger partial charge in [-0.1, -0.05) is 40.9 Å². The van der Waals surface area contributed by atoms with Gasteiger partial charge in [-0.15, -0.1) is 0 Å². The molecule has 2 N–H and O–H groups in total. The number of aromatic nitrogens is 1. The summed E-state index contributed by atoms with van der Waals surface area (Å²) in [7, 11) is 0. The molecule has 3 rings (SSSR count). The lowest BCUT2D eigenvalue weighted by Gasteiger charge is -2.21. The van der Waals surface area contributed by atoms with E-state index in [0.717, 1.165) is 33.8 Å². The van der Waals surface area contributed by atoms with Crippen LogP contribution in [0.1, 0.15) is 37.3 Å². The fourth-order valence-electron chi connectivity index (χ4n) is 3.01. The smallest absolute Gasteiger partial charge is 0.325 e. The third-order valence-corrected chi connectivity index (χ3v) is 4.75. The van der Waals surface area contributed by atoms with Crippen LogP contribution in [-0.2, 0) is 4.79 Å². The van der Waals surface area contributed by atoms with Gasteiger partial charge in [0.25, 0.3) is 0 Å². The van der Waals surface area contributed by atoms with E-state index in [0.29, 0.717) is 0 Å². The van der Waals surface area contributed by atoms with Crippen LogP contribution in [0.5, 0.6) is 0 Å². The van der Waals surface area contributed by atoms with E-state index in [1.165, 1.54) is 12.8 Å². The lowest BCUT2D eigenvalue weighted by molar-refractivity contribution is -0.139. The van der Waals surface area contributed by atoms with E-state index >= 15 is 0 Å². The van der Waals surface area contributed by atoms with Crippen LogP contribution in [0.15, 0.2) is 34.9 Å². The number of nitrogens with one attached hydrogen (secondary N) is 1. The van der Waals surface area contributed by atoms with Crippen LogP contribution in [0.4, 0.5) is 0 Å². The molecule has 1 saturated carbocycles. The Labute approximate surface area is 131 Å². The zero-order valence-electron chi connectivity index (χ0n) is 11.6. The molecule has 5 heteroatoms. The summed E-state index contributed by atoms with van der Waals surface area (Å²) in [5.74, 6) is -0.851. The minimum atomic E-state index is -0.851. The Hall–Kier alpha value is -1.46. The van der Waals surface area contributed by atoms with Crippen LogP contribution >= 0.6 is 15.9 Å². The van der Waals surface area contributed by atoms with Crippen molar-refractivity contribution >= 4 is 32.8 Å². The molecular formula is C16H17BrN2O2. The number of carbonyl (C=O) groups is 1. The van der Waals surface area contributed by atoms with Crippen LogP contribution in [-0.4, -0.2) is 22.1 Å². The summed E-state index contributed by atoms with van der Waals surface area (Å²) in [5.41, 5.74) is 1.47. The first kappa shape index (κ1) is 14.5. The number of halogens is 1. The Morgan fingerprint density at radius 2 is 2.10 bits per heavy atom. The Bertz CT molecular complexity index is 668. The van der Waals surface area contributed by atoms with E-state index in [1.54, 1.807) is 6.20 Å². The van der Waals surface area contributed by atoms with Gasteiger partial charge in [-0.3, -0.25) is 15.1 Å². The summed E-state index contributed by atoms with van der Waals surface area (Å²) >= 11 is 3.50. The summed E-state index contributed by atoms with van der Waals surface area (Å²) in [6, 6.07) is 7.12. The van der Waals surface area contributed by atoms with Crippen molar-refractivity contribution in [3.05, 3.63) is 40.5 Å². The van der Waals surface area contributed by atoms with Crippen LogP contribution in [0.25, 0.3) is 10.9 Å². The van der Waals surface area contributed by atoms with E-state index < -0.39 is 12.0 Å². The maximum absolute atomic E-state index is 11.7. The maximum atomic E-state index is 11.7. The van der Waals surface area contributed by atoms with E-state index in [9.17, 15) is 9.90 Å². The van der Waals surface area contributed by atoms with Crippen molar-refractivity contribution in [3.8, 4) is 0 Å². The second kappa shape index (κ2) is 6.12. The summed E-state index contributed by atoms with van der Waals surface area (Å²) in [6.45, 7) is 0. The number of carboxylic acid groups (broad SMARTS) is 1. The number of rotatable bonds is 4. The predicted octanol–water partition coefficient (Wildman–Crippen LogP) is 3.66. The average molecular weight is 349 g/mol. The molecule has 0 spiro atoms. The van der Waals surface area contributed by atoms with Gasteiger partial charge in [0.2, 0.25) is 0 Å². The van der Waals surface area contributed by atoms with Crippen molar-refractivity contribution in [3.63, 3.8) is 0 Å². The van der Waals surface area contributed by atoms with Gasteiger partial charge in [0.15, 0.2) is 0 Å². The monoisotopic (exact) mass is 348 g/mol. The molecule has 0 radical (unpaired) electrons. The van der Waals surface area contributed by atoms with Crippen molar-refractivity contribution in [1.82, 2.24) is 10.3 Å². The van der Waals surface area contributed by atoms with Crippen LogP contribution in [0.3, 0.4) is 0 Å². The maximum Gasteiger partial charge on any atom is 0.325 e. The molecule has 0 amide bonds. The third kappa shape index (κ3) is 2.94. The van der Waals surface area contributed by atoms with Gasteiger partial charge in [0.1, 0.15) is 6.04 Å². The first-order valence-corrected chi connectivity index (χ1v) is 7.98. The second-order valence-electron chi connectivity index (χ2n) is 5.46. The molecule has 1 heterocycles. The van der Waals surface area contributed by atoms with Crippen LogP contribution < -0.4 is 5.32 Å². The topological polar surface area (TPSA) is 62.2 Å². The lowest BCUT2D eigenvalue weighted by atomic mass is 10.0. The average Bonchev–Trinajstić information content (AvgIpc) is 2.99. The molecule has 1 aliphatic rings. The Kier molecular flexibility index (Phi) is 4.22. The summed E-state index contributed by atoms with van der Waals surface area (Å²) in [6.07, 6.45) is 6.14. The highest BCUT2D eigenvalue weighted by molar-refractivity contribution is 9.10. The van der Waals surface area contributed by atoms with Crippen LogP contribution in [0.2, 0.25) is 0 Å². The van der Waals surface area contributed by atoms with Crippen molar-refractivity contribution < 1.29 is 9.90 Å². The van der Waals surface area contributed by atoms with Crippen molar-refractivity contribution in [1.29, 1.82) is 0 Å². The lowest BCUT2D eigenvalue weighted by Crippen LogP contribution is -2.35. The first-order chi connectivity index (χ1) is 10.2. The van der Waals surface area contributed by atoms with Crippen molar-refractivity contribution in [2.45, 2.75) is 37.8 Å². The molecule has 1 atom stereocenters. The van der Waals surface area contributed by atoms with Gasteiger partial charge >= 0.3 is 5.97 Å². The highest BCUT2D eigenvalue weighted by Gasteiger charge is 2.27. The Morgan fingerprint density at radius 1 is 1.33 bits per heavy atom. The van der Waals surface area contributed by atoms with E-state index in [2.05, 4.69) is 26.2 Å². The van der Waals surface area contributed by atoms with Crippen molar-refractivity contribution in [2.24, 2.45) is 0 Å². The van der Waals surface area contributed by atoms with Gasteiger partial charge in [-0.05, 0) is 25.0 Å². The third-order valence-electron chi connectivity index (χ3n) is 4.06. The number of hydrogen-bond acceptors (Lipinski definition) is 3. The van der Waals surface area contributed by atoms with E-state index in [4.69, 9.17) is 0 Å². The summed E-state index contributed by atoms with van der Waals surface area (Å²) < 4.78 is 0.930. The molecule has 4 nitrogen and oxygen atoms in total. The quantitative estimate of drug-likeness (QED) is 0.884. The zero-order chi connectivity index (χ0) is 14.8. The predicted molar refractivity (Wildman–Crippen MR) is 85.2 cm³/mol. The highest BCUT2D eigenvalue weighted by atomic mass is 79.9. The molecule has 2 aromatic rings. The Balaban J connectivity index is 2.02. The number of carboxylic acids is 1. The number of aliphatic carboxylic acids is 1. The van der Waals surface area contributed by atoms with Gasteiger partial charge < -0.3 is 5.11 Å². The molecular weight excluding hydrogens is 332 g/mol. The van der Waals surface area contributed by atoms with Gasteiger partial charge in [0, 0.05) is 27.7 Å². The highest BCUT2D eigenvalue weighted by Crippen LogP contribution is 2.30. The molecule has 1 aromatic heterocycles. The number of benzene rings is 1. The number of hydrogen-bond donors (Lipinski definition) is 2. The van der Waals surface area contributed by atoms with Crippen molar-refractivity contribution in [2.75, 3.05) is 0 Å². The normalized spacial score (nSPS) is 17.2. The molecule has 21 heavy (non-hydrogen) atoms. The molecule has 0 bridgehead atoms. The molecule has 1 unspecified atom stereocenters. The minimum Gasteiger partial charge on any atom is -0.480 e. The van der Waals surface area contributed by atoms with Gasteiger partial charge in [-0.25, -0.2) is 0 Å². The Morgan fingerprint density at radius 3 is 2.81 bits per heavy atom. The molecule has 110 valence electrons. The largest absolute Gasteiger partial charge is 0.480 e. The number of pyridine rings is 1. The summed E-state index contributed by atoms with van der Waals surface area (Å²) in [4.78, 5) is 16.1. The molecule has 0 saturated heterocycles. The fraction of sp³-hybridized carbons (Fsp3) is 0.375. The van der Waals surface area contributed by atoms with Crippen LogP contribution in [0, 0.1) is 0 Å². The van der Waals surface area contributed by atoms with E-state index in [1.807, 2.05) is 24.3 Å². The molecule has 1 aliphatic carbocycles. The summed E-state index contributed by atoms with van der Waals surface area (Å²) in [5, 5.41) is 13.8. The molecule has 1 fully saturated rings. The van der Waals surface area contributed by atoms with E-state index in [-0.39, 0.29) is 6.04 Å². The second-order valence-corrected chi connectivity index (χ2v) is 6.31. The first-order valence-electron chi connectivity index (χ1n) is 7.19. The molecule has 1 aromatic carbocycles. The minimum absolute atomic E-state index is 0.286. The zero-order valence-corrected chi connectivity index (χ0v) is 13.1. The SMILES string of the molecule is O=C(O)C(NC1CCCC1)c1ccc(Br)c2cccnc12.